The molecule has 0 heterocycles. The summed E-state index contributed by atoms with van der Waals surface area (Å²) in [7, 11) is 0. The molecule has 0 aromatic rings. The van der Waals surface area contributed by atoms with E-state index in [0.29, 0.717) is 6.29 Å². The van der Waals surface area contributed by atoms with E-state index >= 15 is 0 Å². The van der Waals surface area contributed by atoms with E-state index in [4.69, 9.17) is 5.21 Å². The number of carbonyl (C=O) groups excluding carboxylic acids is 1. The zero-order chi connectivity index (χ0) is 7.49. The van der Waals surface area contributed by atoms with Crippen LogP contribution in [0.15, 0.2) is 0 Å². The molecular weight excluding hydrogens is 118 g/mol. The minimum absolute atomic E-state index is 0.212. The lowest BCUT2D eigenvalue weighted by atomic mass is 9.88. The number of aldehydes is 1. The molecule has 0 amide bonds. The molecule has 0 aliphatic carbocycles. The summed E-state index contributed by atoms with van der Waals surface area (Å²) < 4.78 is 0. The van der Waals surface area contributed by atoms with Gasteiger partial charge in [0.25, 0.3) is 0 Å². The Labute approximate surface area is 55.0 Å². The van der Waals surface area contributed by atoms with Crippen LogP contribution in [0.1, 0.15) is 20.8 Å². The van der Waals surface area contributed by atoms with Crippen molar-refractivity contribution < 1.29 is 10.0 Å². The molecule has 0 aromatic heterocycles. The second-order valence-corrected chi connectivity index (χ2v) is 3.11. The van der Waals surface area contributed by atoms with Crippen LogP contribution in [0.3, 0.4) is 0 Å². The molecule has 0 saturated carbocycles. The first-order chi connectivity index (χ1) is 4.02. The third-order valence-corrected chi connectivity index (χ3v) is 1.21. The molecule has 3 heteroatoms. The molecule has 0 saturated heterocycles. The highest BCUT2D eigenvalue weighted by Crippen LogP contribution is 2.16. The average molecular weight is 131 g/mol. The lowest BCUT2D eigenvalue weighted by Crippen LogP contribution is -2.39. The minimum atomic E-state index is -0.475. The van der Waals surface area contributed by atoms with E-state index in [1.807, 2.05) is 26.3 Å². The topological polar surface area (TPSA) is 49.3 Å². The van der Waals surface area contributed by atoms with Gasteiger partial charge in [0.15, 0.2) is 0 Å². The van der Waals surface area contributed by atoms with Crippen molar-refractivity contribution in [2.45, 2.75) is 26.8 Å². The Morgan fingerprint density at radius 1 is 1.56 bits per heavy atom. The number of hydrogen-bond donors (Lipinski definition) is 2. The Bertz CT molecular complexity index is 95.7. The molecule has 0 aliphatic rings. The monoisotopic (exact) mass is 131 g/mol. The maximum Gasteiger partial charge on any atom is 0.139 e. The van der Waals surface area contributed by atoms with Crippen molar-refractivity contribution in [3.05, 3.63) is 0 Å². The average Bonchev–Trinajstić information content (AvgIpc) is 1.65. The summed E-state index contributed by atoms with van der Waals surface area (Å²) in [6.07, 6.45) is 0.694. The number of hydrogen-bond acceptors (Lipinski definition) is 3. The predicted octanol–water partition coefficient (Wildman–Crippen LogP) is 0.579. The van der Waals surface area contributed by atoms with Gasteiger partial charge in [-0.25, -0.2) is 0 Å². The lowest BCUT2D eigenvalue weighted by molar-refractivity contribution is -0.114. The molecule has 1 atom stereocenters. The van der Waals surface area contributed by atoms with Crippen molar-refractivity contribution in [1.29, 1.82) is 0 Å². The van der Waals surface area contributed by atoms with Crippen molar-refractivity contribution in [3.63, 3.8) is 0 Å². The maximum atomic E-state index is 10.2. The first-order valence-electron chi connectivity index (χ1n) is 2.87. The van der Waals surface area contributed by atoms with E-state index in [-0.39, 0.29) is 5.41 Å². The Balaban J connectivity index is 3.94. The summed E-state index contributed by atoms with van der Waals surface area (Å²) >= 11 is 0. The summed E-state index contributed by atoms with van der Waals surface area (Å²) in [5.74, 6) is 0. The van der Waals surface area contributed by atoms with Gasteiger partial charge in [0.1, 0.15) is 6.29 Å². The molecule has 0 spiro atoms. The fourth-order valence-corrected chi connectivity index (χ4v) is 0.428. The van der Waals surface area contributed by atoms with Gasteiger partial charge in [0, 0.05) is 0 Å². The van der Waals surface area contributed by atoms with Crippen molar-refractivity contribution in [3.8, 4) is 0 Å². The van der Waals surface area contributed by atoms with Crippen molar-refractivity contribution in [2.24, 2.45) is 5.41 Å². The van der Waals surface area contributed by atoms with Gasteiger partial charge in [-0.05, 0) is 5.41 Å². The van der Waals surface area contributed by atoms with Crippen molar-refractivity contribution >= 4 is 6.29 Å². The van der Waals surface area contributed by atoms with Crippen LogP contribution in [0, 0.1) is 5.41 Å². The van der Waals surface area contributed by atoms with Gasteiger partial charge in [-0.3, -0.25) is 0 Å². The van der Waals surface area contributed by atoms with Gasteiger partial charge < -0.3 is 10.0 Å². The first kappa shape index (κ1) is 8.59. The van der Waals surface area contributed by atoms with E-state index in [1.165, 1.54) is 0 Å². The van der Waals surface area contributed by atoms with Crippen LogP contribution in [-0.4, -0.2) is 17.5 Å². The van der Waals surface area contributed by atoms with Gasteiger partial charge in [0.05, 0.1) is 6.04 Å². The molecule has 0 aromatic carbocycles. The van der Waals surface area contributed by atoms with Crippen LogP contribution in [0.5, 0.6) is 0 Å². The summed E-state index contributed by atoms with van der Waals surface area (Å²) in [6, 6.07) is -0.475. The van der Waals surface area contributed by atoms with Crippen LogP contribution in [-0.2, 0) is 4.79 Å². The second-order valence-electron chi connectivity index (χ2n) is 3.11. The van der Waals surface area contributed by atoms with E-state index < -0.39 is 6.04 Å². The van der Waals surface area contributed by atoms with Gasteiger partial charge in [-0.1, -0.05) is 20.8 Å². The molecular formula is C6H13NO2. The van der Waals surface area contributed by atoms with E-state index in [1.54, 1.807) is 0 Å². The van der Waals surface area contributed by atoms with Gasteiger partial charge >= 0.3 is 0 Å². The Morgan fingerprint density at radius 2 is 2.00 bits per heavy atom. The van der Waals surface area contributed by atoms with Crippen molar-refractivity contribution in [1.82, 2.24) is 5.48 Å². The highest BCUT2D eigenvalue weighted by molar-refractivity contribution is 5.58. The molecule has 54 valence electrons. The number of hydroxylamine groups is 1. The molecule has 0 radical (unpaired) electrons. The number of rotatable bonds is 2. The van der Waals surface area contributed by atoms with E-state index in [9.17, 15) is 4.79 Å². The highest BCUT2D eigenvalue weighted by Gasteiger charge is 2.22. The zero-order valence-electron chi connectivity index (χ0n) is 6.01. The standard InChI is InChI=1S/C6H13NO2/c1-6(2,3)5(4-8)7-9/h4-5,7,9H,1-3H3/t5-/m1/s1. The van der Waals surface area contributed by atoms with Gasteiger partial charge in [0.2, 0.25) is 0 Å². The van der Waals surface area contributed by atoms with E-state index in [0.717, 1.165) is 0 Å². The van der Waals surface area contributed by atoms with Crippen molar-refractivity contribution in [2.75, 3.05) is 0 Å². The number of carbonyl (C=O) groups is 1. The normalized spacial score (nSPS) is 15.1. The Morgan fingerprint density at radius 3 is 2.00 bits per heavy atom. The maximum absolute atomic E-state index is 10.2. The van der Waals surface area contributed by atoms with Gasteiger partial charge in [-0.2, -0.15) is 5.48 Å². The molecule has 0 bridgehead atoms. The third kappa shape index (κ3) is 2.58. The minimum Gasteiger partial charge on any atom is -0.316 e. The first-order valence-corrected chi connectivity index (χ1v) is 2.87. The molecule has 0 aliphatic heterocycles. The second kappa shape index (κ2) is 2.94. The van der Waals surface area contributed by atoms with Crippen LogP contribution in [0.4, 0.5) is 0 Å². The molecule has 0 unspecified atom stereocenters. The zero-order valence-corrected chi connectivity index (χ0v) is 6.01. The molecule has 9 heavy (non-hydrogen) atoms. The summed E-state index contributed by atoms with van der Waals surface area (Å²) in [4.78, 5) is 10.2. The molecule has 0 fully saturated rings. The van der Waals surface area contributed by atoms with Crippen LogP contribution in [0.25, 0.3) is 0 Å². The summed E-state index contributed by atoms with van der Waals surface area (Å²) in [5.41, 5.74) is 1.71. The predicted molar refractivity (Wildman–Crippen MR) is 34.2 cm³/mol. The summed E-state index contributed by atoms with van der Waals surface area (Å²) in [5, 5.41) is 8.38. The van der Waals surface area contributed by atoms with Crippen LogP contribution in [0.2, 0.25) is 0 Å². The fourth-order valence-electron chi connectivity index (χ4n) is 0.428. The Hall–Kier alpha value is -0.410. The largest absolute Gasteiger partial charge is 0.316 e. The quantitative estimate of drug-likeness (QED) is 0.425. The molecule has 0 rings (SSSR count). The van der Waals surface area contributed by atoms with Crippen LogP contribution < -0.4 is 5.48 Å². The highest BCUT2D eigenvalue weighted by atomic mass is 16.5. The van der Waals surface area contributed by atoms with Crippen LogP contribution >= 0.6 is 0 Å². The summed E-state index contributed by atoms with van der Waals surface area (Å²) in [6.45, 7) is 5.61. The fraction of sp³-hybridized carbons (Fsp3) is 0.833. The molecule has 3 nitrogen and oxygen atoms in total. The number of nitrogens with one attached hydrogen (secondary N) is 1. The SMILES string of the molecule is CC(C)(C)[C@@H](C=O)NO. The Kier molecular flexibility index (Phi) is 2.81. The lowest BCUT2D eigenvalue weighted by Gasteiger charge is -2.23. The third-order valence-electron chi connectivity index (χ3n) is 1.21. The smallest absolute Gasteiger partial charge is 0.139 e. The molecule has 2 N–H and O–H groups in total. The van der Waals surface area contributed by atoms with E-state index in [2.05, 4.69) is 0 Å². The van der Waals surface area contributed by atoms with Gasteiger partial charge in [-0.15, -0.1) is 0 Å².